The Labute approximate surface area is 220 Å². The Hall–Kier alpha value is -3.23. The van der Waals surface area contributed by atoms with Crippen LogP contribution in [0.4, 0.5) is 4.79 Å². The van der Waals surface area contributed by atoms with E-state index in [1.807, 2.05) is 24.3 Å². The summed E-state index contributed by atoms with van der Waals surface area (Å²) in [4.78, 5) is 37.5. The third-order valence-electron chi connectivity index (χ3n) is 6.84. The molecule has 0 saturated carbocycles. The van der Waals surface area contributed by atoms with Crippen LogP contribution in [0.1, 0.15) is 43.2 Å². The van der Waals surface area contributed by atoms with Crippen LogP contribution in [0, 0.1) is 0 Å². The lowest BCUT2D eigenvalue weighted by Gasteiger charge is -2.24. The summed E-state index contributed by atoms with van der Waals surface area (Å²) < 4.78 is 6.50. The number of quaternary nitrogens is 1. The number of hydrogen-bond acceptors (Lipinski definition) is 5. The van der Waals surface area contributed by atoms with E-state index in [2.05, 4.69) is 61.4 Å². The first-order valence-electron chi connectivity index (χ1n) is 13.0. The molecule has 1 aliphatic carbocycles. The van der Waals surface area contributed by atoms with Gasteiger partial charge in [0.15, 0.2) is 0 Å². The molecule has 8 nitrogen and oxygen atoms in total. The number of fused-ring (bicyclic) bond motifs is 3. The van der Waals surface area contributed by atoms with E-state index in [9.17, 15) is 14.4 Å². The zero-order chi connectivity index (χ0) is 27.0. The van der Waals surface area contributed by atoms with Crippen molar-refractivity contribution >= 4 is 17.8 Å². The average Bonchev–Trinajstić information content (AvgIpc) is 3.17. The maximum absolute atomic E-state index is 13.0. The number of amides is 2. The van der Waals surface area contributed by atoms with Crippen molar-refractivity contribution in [3.8, 4) is 11.1 Å². The van der Waals surface area contributed by atoms with E-state index in [4.69, 9.17) is 4.74 Å². The topological polar surface area (TPSA) is 96.5 Å². The molecule has 0 aliphatic heterocycles. The standard InChI is InChI=1S/C29H40N4O4/c1-20(34)27(30-2)18-31-28(35)26(16-10-11-17-33(3,4)5)32-29(36)37-19-25-23-14-8-6-12-21(23)22-13-7-9-15-24(22)25/h6-9,12-15,25-27,30H,10-11,16-19H2,1-5H3,(H-,31,32,35,36)/p+1. The summed E-state index contributed by atoms with van der Waals surface area (Å²) in [6.07, 6.45) is 1.57. The Bertz CT molecular complexity index is 1050. The van der Waals surface area contributed by atoms with Gasteiger partial charge in [-0.05, 0) is 55.5 Å². The van der Waals surface area contributed by atoms with Gasteiger partial charge in [-0.2, -0.15) is 0 Å². The van der Waals surface area contributed by atoms with Crippen LogP contribution in [0.15, 0.2) is 48.5 Å². The van der Waals surface area contributed by atoms with Gasteiger partial charge in [-0.25, -0.2) is 4.79 Å². The Morgan fingerprint density at radius 1 is 0.919 bits per heavy atom. The van der Waals surface area contributed by atoms with Crippen molar-refractivity contribution in [2.24, 2.45) is 0 Å². The van der Waals surface area contributed by atoms with E-state index >= 15 is 0 Å². The molecule has 2 amide bonds. The molecule has 0 spiro atoms. The molecule has 2 atom stereocenters. The van der Waals surface area contributed by atoms with E-state index in [1.54, 1.807) is 7.05 Å². The summed E-state index contributed by atoms with van der Waals surface area (Å²) in [6, 6.07) is 15.1. The van der Waals surface area contributed by atoms with Gasteiger partial charge in [0.25, 0.3) is 0 Å². The molecular formula is C29H41N4O4+. The van der Waals surface area contributed by atoms with Crippen molar-refractivity contribution in [2.75, 3.05) is 47.9 Å². The van der Waals surface area contributed by atoms with Crippen molar-refractivity contribution in [3.05, 3.63) is 59.7 Å². The van der Waals surface area contributed by atoms with Gasteiger partial charge in [-0.3, -0.25) is 9.59 Å². The molecule has 3 rings (SSSR count). The van der Waals surface area contributed by atoms with Crippen molar-refractivity contribution in [2.45, 2.75) is 44.2 Å². The van der Waals surface area contributed by atoms with Gasteiger partial charge in [0.05, 0.1) is 33.7 Å². The molecule has 0 bridgehead atoms. The summed E-state index contributed by atoms with van der Waals surface area (Å²) in [7, 11) is 8.05. The number of likely N-dealkylation sites (N-methyl/N-ethyl adjacent to an activating group) is 1. The molecule has 1 aliphatic rings. The van der Waals surface area contributed by atoms with Gasteiger partial charge < -0.3 is 25.2 Å². The van der Waals surface area contributed by atoms with Crippen molar-refractivity contribution in [3.63, 3.8) is 0 Å². The highest BCUT2D eigenvalue weighted by Gasteiger charge is 2.30. The van der Waals surface area contributed by atoms with Crippen LogP contribution < -0.4 is 16.0 Å². The van der Waals surface area contributed by atoms with E-state index in [1.165, 1.54) is 6.92 Å². The molecule has 0 radical (unpaired) electrons. The molecular weight excluding hydrogens is 468 g/mol. The lowest BCUT2D eigenvalue weighted by molar-refractivity contribution is -0.870. The van der Waals surface area contributed by atoms with Gasteiger partial charge in [-0.15, -0.1) is 0 Å². The fourth-order valence-corrected chi connectivity index (χ4v) is 4.76. The molecule has 3 N–H and O–H groups in total. The summed E-state index contributed by atoms with van der Waals surface area (Å²) in [5, 5.41) is 8.47. The number of benzene rings is 2. The number of rotatable bonds is 13. The number of nitrogens with one attached hydrogen (secondary N) is 3. The van der Waals surface area contributed by atoms with Gasteiger partial charge in [0.2, 0.25) is 5.91 Å². The minimum Gasteiger partial charge on any atom is -0.449 e. The van der Waals surface area contributed by atoms with Gasteiger partial charge >= 0.3 is 6.09 Å². The summed E-state index contributed by atoms with van der Waals surface area (Å²) in [6.45, 7) is 2.78. The number of ketones is 1. The first-order chi connectivity index (χ1) is 17.6. The first-order valence-corrected chi connectivity index (χ1v) is 13.0. The lowest BCUT2D eigenvalue weighted by atomic mass is 9.98. The zero-order valence-electron chi connectivity index (χ0n) is 22.7. The summed E-state index contributed by atoms with van der Waals surface area (Å²) >= 11 is 0. The maximum Gasteiger partial charge on any atom is 0.407 e. The minimum atomic E-state index is -0.743. The van der Waals surface area contributed by atoms with Crippen LogP contribution in [-0.4, -0.2) is 82.2 Å². The number of nitrogens with zero attached hydrogens (tertiary/aromatic N) is 1. The number of unbranched alkanes of at least 4 members (excludes halogenated alkanes) is 1. The molecule has 2 aromatic carbocycles. The summed E-state index contributed by atoms with van der Waals surface area (Å²) in [5.74, 6) is -0.436. The number of hydrogen-bond donors (Lipinski definition) is 3. The molecule has 0 heterocycles. The quantitative estimate of drug-likeness (QED) is 0.285. The Kier molecular flexibility index (Phi) is 9.83. The zero-order valence-corrected chi connectivity index (χ0v) is 22.7. The molecule has 2 aromatic rings. The molecule has 2 unspecified atom stereocenters. The monoisotopic (exact) mass is 509 g/mol. The Balaban J connectivity index is 1.62. The van der Waals surface area contributed by atoms with E-state index in [-0.39, 0.29) is 30.8 Å². The second kappa shape index (κ2) is 12.8. The van der Waals surface area contributed by atoms with Gasteiger partial charge in [0, 0.05) is 12.5 Å². The fraction of sp³-hybridized carbons (Fsp3) is 0.483. The van der Waals surface area contributed by atoms with Gasteiger partial charge in [0.1, 0.15) is 18.4 Å². The van der Waals surface area contributed by atoms with E-state index in [0.717, 1.165) is 46.1 Å². The lowest BCUT2D eigenvalue weighted by Crippen LogP contribution is -2.51. The number of alkyl carbamates (subject to hydrolysis) is 1. The van der Waals surface area contributed by atoms with Crippen LogP contribution in [0.25, 0.3) is 11.1 Å². The fourth-order valence-electron chi connectivity index (χ4n) is 4.76. The predicted molar refractivity (Wildman–Crippen MR) is 145 cm³/mol. The normalized spacial score (nSPS) is 14.3. The largest absolute Gasteiger partial charge is 0.449 e. The smallest absolute Gasteiger partial charge is 0.407 e. The molecule has 0 aromatic heterocycles. The maximum atomic E-state index is 13.0. The SMILES string of the molecule is CNC(CNC(=O)C(CCCC[N+](C)(C)C)NC(=O)OCC1c2ccccc2-c2ccccc21)C(C)=O. The first kappa shape index (κ1) is 28.3. The highest BCUT2D eigenvalue weighted by atomic mass is 16.5. The number of carbonyl (C=O) groups is 3. The third kappa shape index (κ3) is 7.87. The van der Waals surface area contributed by atoms with Crippen molar-refractivity contribution in [1.29, 1.82) is 0 Å². The molecule has 8 heteroatoms. The van der Waals surface area contributed by atoms with E-state index < -0.39 is 18.2 Å². The van der Waals surface area contributed by atoms with Gasteiger partial charge in [-0.1, -0.05) is 48.5 Å². The second-order valence-corrected chi connectivity index (χ2v) is 10.7. The predicted octanol–water partition coefficient (Wildman–Crippen LogP) is 3.06. The molecule has 200 valence electrons. The number of carbonyl (C=O) groups excluding carboxylic acids is 3. The van der Waals surface area contributed by atoms with Crippen LogP contribution >= 0.6 is 0 Å². The number of Topliss-reactive ketones (excluding diaryl/α,β-unsaturated/α-hetero) is 1. The number of ether oxygens (including phenoxy) is 1. The van der Waals surface area contributed by atoms with Crippen LogP contribution in [0.2, 0.25) is 0 Å². The highest BCUT2D eigenvalue weighted by Crippen LogP contribution is 2.44. The highest BCUT2D eigenvalue weighted by molar-refractivity contribution is 5.87. The van der Waals surface area contributed by atoms with E-state index in [0.29, 0.717) is 6.42 Å². The van der Waals surface area contributed by atoms with Crippen LogP contribution in [0.3, 0.4) is 0 Å². The molecule has 37 heavy (non-hydrogen) atoms. The Morgan fingerprint density at radius 3 is 2.05 bits per heavy atom. The van der Waals surface area contributed by atoms with Crippen molar-refractivity contribution in [1.82, 2.24) is 16.0 Å². The van der Waals surface area contributed by atoms with Crippen LogP contribution in [0.5, 0.6) is 0 Å². The minimum absolute atomic E-state index is 0.0538. The molecule has 0 fully saturated rings. The van der Waals surface area contributed by atoms with Crippen molar-refractivity contribution < 1.29 is 23.6 Å². The average molecular weight is 510 g/mol. The Morgan fingerprint density at radius 2 is 1.51 bits per heavy atom. The second-order valence-electron chi connectivity index (χ2n) is 10.7. The third-order valence-corrected chi connectivity index (χ3v) is 6.84. The molecule has 0 saturated heterocycles. The van der Waals surface area contributed by atoms with Crippen LogP contribution in [-0.2, 0) is 14.3 Å². The summed E-state index contributed by atoms with van der Waals surface area (Å²) in [5.41, 5.74) is 4.58.